The Bertz CT molecular complexity index is 442. The van der Waals surface area contributed by atoms with Crippen molar-refractivity contribution in [2.45, 2.75) is 6.54 Å². The summed E-state index contributed by atoms with van der Waals surface area (Å²) in [6.07, 6.45) is 3.19. The van der Waals surface area contributed by atoms with Gasteiger partial charge < -0.3 is 9.73 Å². The third-order valence-electron chi connectivity index (χ3n) is 1.99. The van der Waals surface area contributed by atoms with Crippen molar-refractivity contribution in [2.24, 2.45) is 0 Å². The van der Waals surface area contributed by atoms with Gasteiger partial charge in [0.2, 0.25) is 0 Å². The van der Waals surface area contributed by atoms with Gasteiger partial charge >= 0.3 is 0 Å². The highest BCUT2D eigenvalue weighted by Crippen LogP contribution is 2.19. The minimum absolute atomic E-state index is 0.356. The molecule has 0 radical (unpaired) electrons. The number of hydrogen-bond acceptors (Lipinski definition) is 2. The SMILES string of the molecule is Fc1cc(Cl)ccc1NCc1ccoc1. The van der Waals surface area contributed by atoms with Gasteiger partial charge in [0.25, 0.3) is 0 Å². The van der Waals surface area contributed by atoms with Gasteiger partial charge in [0.15, 0.2) is 0 Å². The van der Waals surface area contributed by atoms with Crippen LogP contribution in [0.3, 0.4) is 0 Å². The highest BCUT2D eigenvalue weighted by atomic mass is 35.5. The highest BCUT2D eigenvalue weighted by molar-refractivity contribution is 6.30. The van der Waals surface area contributed by atoms with E-state index in [0.29, 0.717) is 17.3 Å². The van der Waals surface area contributed by atoms with Gasteiger partial charge in [-0.2, -0.15) is 0 Å². The van der Waals surface area contributed by atoms with Crippen LogP contribution >= 0.6 is 11.6 Å². The zero-order chi connectivity index (χ0) is 10.7. The summed E-state index contributed by atoms with van der Waals surface area (Å²) in [6.45, 7) is 0.523. The molecule has 15 heavy (non-hydrogen) atoms. The van der Waals surface area contributed by atoms with Crippen LogP contribution in [0.5, 0.6) is 0 Å². The molecule has 78 valence electrons. The van der Waals surface area contributed by atoms with Gasteiger partial charge in [0.1, 0.15) is 5.82 Å². The number of furan rings is 1. The molecule has 4 heteroatoms. The van der Waals surface area contributed by atoms with Gasteiger partial charge in [-0.25, -0.2) is 4.39 Å². The summed E-state index contributed by atoms with van der Waals surface area (Å²) >= 11 is 5.63. The molecular formula is C11H9ClFNO. The van der Waals surface area contributed by atoms with E-state index in [2.05, 4.69) is 5.32 Å². The summed E-state index contributed by atoms with van der Waals surface area (Å²) in [7, 11) is 0. The molecule has 2 aromatic rings. The smallest absolute Gasteiger partial charge is 0.147 e. The third-order valence-corrected chi connectivity index (χ3v) is 2.23. The Balaban J connectivity index is 2.05. The second kappa shape index (κ2) is 4.36. The first kappa shape index (κ1) is 10.1. The van der Waals surface area contributed by atoms with Crippen molar-refractivity contribution >= 4 is 17.3 Å². The lowest BCUT2D eigenvalue weighted by Crippen LogP contribution is -2.00. The van der Waals surface area contributed by atoms with E-state index in [4.69, 9.17) is 16.0 Å². The van der Waals surface area contributed by atoms with Gasteiger partial charge in [0.05, 0.1) is 18.2 Å². The van der Waals surface area contributed by atoms with E-state index in [1.807, 2.05) is 6.07 Å². The summed E-state index contributed by atoms with van der Waals surface area (Å²) in [5.74, 6) is -0.356. The Labute approximate surface area is 91.7 Å². The molecule has 2 rings (SSSR count). The van der Waals surface area contributed by atoms with Crippen molar-refractivity contribution in [2.75, 3.05) is 5.32 Å². The Morgan fingerprint density at radius 2 is 2.20 bits per heavy atom. The quantitative estimate of drug-likeness (QED) is 0.862. The molecule has 0 amide bonds. The van der Waals surface area contributed by atoms with E-state index in [0.717, 1.165) is 5.56 Å². The zero-order valence-corrected chi connectivity index (χ0v) is 8.59. The lowest BCUT2D eigenvalue weighted by molar-refractivity contribution is 0.564. The van der Waals surface area contributed by atoms with Gasteiger partial charge in [-0.15, -0.1) is 0 Å². The molecule has 2 nitrogen and oxygen atoms in total. The average Bonchev–Trinajstić information content (AvgIpc) is 2.69. The Kier molecular flexibility index (Phi) is 2.92. The lowest BCUT2D eigenvalue weighted by Gasteiger charge is -2.05. The van der Waals surface area contributed by atoms with Gasteiger partial charge in [-0.3, -0.25) is 0 Å². The predicted octanol–water partition coefficient (Wildman–Crippen LogP) is 3.68. The topological polar surface area (TPSA) is 25.2 Å². The zero-order valence-electron chi connectivity index (χ0n) is 7.84. The molecule has 0 atom stereocenters. The summed E-state index contributed by atoms with van der Waals surface area (Å²) in [6, 6.07) is 6.35. The van der Waals surface area contributed by atoms with Gasteiger partial charge in [0, 0.05) is 17.1 Å². The Hall–Kier alpha value is -1.48. The molecule has 0 aliphatic rings. The largest absolute Gasteiger partial charge is 0.472 e. The summed E-state index contributed by atoms with van der Waals surface area (Å²) < 4.78 is 18.2. The van der Waals surface area contributed by atoms with Crippen molar-refractivity contribution in [1.29, 1.82) is 0 Å². The molecule has 1 aromatic heterocycles. The molecule has 0 spiro atoms. The lowest BCUT2D eigenvalue weighted by atomic mass is 10.3. The van der Waals surface area contributed by atoms with Crippen LogP contribution < -0.4 is 5.32 Å². The minimum Gasteiger partial charge on any atom is -0.472 e. The van der Waals surface area contributed by atoms with Crippen molar-refractivity contribution < 1.29 is 8.81 Å². The molecule has 1 heterocycles. The van der Waals surface area contributed by atoms with Crippen molar-refractivity contribution in [3.05, 3.63) is 53.2 Å². The first-order chi connectivity index (χ1) is 7.25. The first-order valence-electron chi connectivity index (χ1n) is 4.46. The molecule has 0 bridgehead atoms. The van der Waals surface area contributed by atoms with Gasteiger partial charge in [-0.05, 0) is 24.3 Å². The van der Waals surface area contributed by atoms with E-state index in [1.165, 1.54) is 6.07 Å². The predicted molar refractivity (Wildman–Crippen MR) is 57.4 cm³/mol. The number of rotatable bonds is 3. The van der Waals surface area contributed by atoms with Crippen LogP contribution in [0.25, 0.3) is 0 Å². The molecular weight excluding hydrogens is 217 g/mol. The second-order valence-corrected chi connectivity index (χ2v) is 3.55. The first-order valence-corrected chi connectivity index (χ1v) is 4.83. The number of nitrogens with one attached hydrogen (secondary N) is 1. The summed E-state index contributed by atoms with van der Waals surface area (Å²) in [5, 5.41) is 3.34. The van der Waals surface area contributed by atoms with Crippen LogP contribution in [0.4, 0.5) is 10.1 Å². The van der Waals surface area contributed by atoms with E-state index >= 15 is 0 Å². The number of anilines is 1. The fourth-order valence-corrected chi connectivity index (χ4v) is 1.38. The summed E-state index contributed by atoms with van der Waals surface area (Å²) in [5.41, 5.74) is 1.39. The van der Waals surface area contributed by atoms with Crippen molar-refractivity contribution in [1.82, 2.24) is 0 Å². The third kappa shape index (κ3) is 2.50. The number of benzene rings is 1. The number of halogens is 2. The van der Waals surface area contributed by atoms with Gasteiger partial charge in [-0.1, -0.05) is 11.6 Å². The number of hydrogen-bond donors (Lipinski definition) is 1. The normalized spacial score (nSPS) is 10.3. The molecule has 0 fully saturated rings. The van der Waals surface area contributed by atoms with Crippen LogP contribution in [0.2, 0.25) is 5.02 Å². The molecule has 0 unspecified atom stereocenters. The molecule has 1 aromatic carbocycles. The fourth-order valence-electron chi connectivity index (χ4n) is 1.22. The van der Waals surface area contributed by atoms with E-state index in [9.17, 15) is 4.39 Å². The Morgan fingerprint density at radius 3 is 2.87 bits per heavy atom. The maximum absolute atomic E-state index is 13.3. The van der Waals surface area contributed by atoms with Crippen LogP contribution in [0.15, 0.2) is 41.2 Å². The molecule has 0 saturated heterocycles. The average molecular weight is 226 g/mol. The van der Waals surface area contributed by atoms with E-state index in [1.54, 1.807) is 24.7 Å². The standard InChI is InChI=1S/C11H9ClFNO/c12-9-1-2-11(10(13)5-9)14-6-8-3-4-15-7-8/h1-5,7,14H,6H2. The summed E-state index contributed by atoms with van der Waals surface area (Å²) in [4.78, 5) is 0. The van der Waals surface area contributed by atoms with Crippen molar-refractivity contribution in [3.8, 4) is 0 Å². The minimum atomic E-state index is -0.356. The fraction of sp³-hybridized carbons (Fsp3) is 0.0909. The van der Waals surface area contributed by atoms with Crippen LogP contribution in [0, 0.1) is 5.82 Å². The monoisotopic (exact) mass is 225 g/mol. The van der Waals surface area contributed by atoms with Crippen LogP contribution in [0.1, 0.15) is 5.56 Å². The van der Waals surface area contributed by atoms with Crippen LogP contribution in [-0.4, -0.2) is 0 Å². The molecule has 0 aliphatic heterocycles. The maximum atomic E-state index is 13.3. The molecule has 0 aliphatic carbocycles. The Morgan fingerprint density at radius 1 is 1.33 bits per heavy atom. The molecule has 1 N–H and O–H groups in total. The maximum Gasteiger partial charge on any atom is 0.147 e. The second-order valence-electron chi connectivity index (χ2n) is 3.11. The molecule has 0 saturated carbocycles. The highest BCUT2D eigenvalue weighted by Gasteiger charge is 2.02. The van der Waals surface area contributed by atoms with Crippen LogP contribution in [-0.2, 0) is 6.54 Å². The van der Waals surface area contributed by atoms with E-state index < -0.39 is 0 Å². The van der Waals surface area contributed by atoms with Crippen molar-refractivity contribution in [3.63, 3.8) is 0 Å². The van der Waals surface area contributed by atoms with E-state index in [-0.39, 0.29) is 5.82 Å².